The second kappa shape index (κ2) is 8.26. The van der Waals surface area contributed by atoms with Gasteiger partial charge in [-0.25, -0.2) is 4.79 Å². The number of rotatable bonds is 8. The topological polar surface area (TPSA) is 96.9 Å². The van der Waals surface area contributed by atoms with Crippen LogP contribution in [0.1, 0.15) is 33.6 Å². The van der Waals surface area contributed by atoms with Crippen LogP contribution in [-0.2, 0) is 4.79 Å². The van der Waals surface area contributed by atoms with Gasteiger partial charge in [-0.05, 0) is 39.3 Å². The molecule has 0 radical (unpaired) electrons. The first-order chi connectivity index (χ1) is 10.8. The molecule has 0 aromatic heterocycles. The number of amides is 2. The molecule has 0 atom stereocenters. The standard InChI is InChI=1S/C16H24N2O5/c1-5-23-13-10-11(6-7-12(13)22-4)17-15(21)18-16(2,3)9-8-14(19)20/h6-7,10H,5,8-9H2,1-4H3,(H,19,20)(H2,17,18,21). The van der Waals surface area contributed by atoms with Gasteiger partial charge < -0.3 is 25.2 Å². The van der Waals surface area contributed by atoms with Crippen LogP contribution >= 0.6 is 0 Å². The molecule has 0 aliphatic heterocycles. The fraction of sp³-hybridized carbons (Fsp3) is 0.500. The molecule has 1 rings (SSSR count). The molecule has 2 amide bonds. The third kappa shape index (κ3) is 6.46. The van der Waals surface area contributed by atoms with Gasteiger partial charge in [0.2, 0.25) is 0 Å². The number of anilines is 1. The Kier molecular flexibility index (Phi) is 6.68. The maximum Gasteiger partial charge on any atom is 0.319 e. The Morgan fingerprint density at radius 1 is 1.26 bits per heavy atom. The van der Waals surface area contributed by atoms with Crippen LogP contribution in [0.4, 0.5) is 10.5 Å². The Morgan fingerprint density at radius 3 is 2.52 bits per heavy atom. The van der Waals surface area contributed by atoms with Crippen molar-refractivity contribution < 1.29 is 24.2 Å². The molecule has 1 aromatic carbocycles. The lowest BCUT2D eigenvalue weighted by Crippen LogP contribution is -2.45. The molecule has 0 fully saturated rings. The SMILES string of the molecule is CCOc1cc(NC(=O)NC(C)(C)CCC(=O)O)ccc1OC. The summed E-state index contributed by atoms with van der Waals surface area (Å²) in [4.78, 5) is 22.7. The third-order valence-corrected chi connectivity index (χ3v) is 3.14. The molecule has 0 aliphatic carbocycles. The molecule has 128 valence electrons. The maximum absolute atomic E-state index is 12.1. The summed E-state index contributed by atoms with van der Waals surface area (Å²) in [6, 6.07) is 4.67. The first-order valence-corrected chi connectivity index (χ1v) is 7.39. The highest BCUT2D eigenvalue weighted by molar-refractivity contribution is 5.90. The van der Waals surface area contributed by atoms with E-state index in [4.69, 9.17) is 14.6 Å². The summed E-state index contributed by atoms with van der Waals surface area (Å²) in [5, 5.41) is 14.2. The fourth-order valence-corrected chi connectivity index (χ4v) is 1.97. The van der Waals surface area contributed by atoms with Crippen molar-refractivity contribution >= 4 is 17.7 Å². The van der Waals surface area contributed by atoms with Crippen LogP contribution in [0.5, 0.6) is 11.5 Å². The minimum absolute atomic E-state index is 0.00962. The highest BCUT2D eigenvalue weighted by Crippen LogP contribution is 2.30. The monoisotopic (exact) mass is 324 g/mol. The van der Waals surface area contributed by atoms with Crippen molar-refractivity contribution in [2.45, 2.75) is 39.2 Å². The van der Waals surface area contributed by atoms with Gasteiger partial charge in [-0.3, -0.25) is 4.79 Å². The molecule has 0 unspecified atom stereocenters. The van der Waals surface area contributed by atoms with Gasteiger partial charge in [-0.2, -0.15) is 0 Å². The van der Waals surface area contributed by atoms with Gasteiger partial charge in [0.25, 0.3) is 0 Å². The van der Waals surface area contributed by atoms with Gasteiger partial charge in [0, 0.05) is 23.7 Å². The zero-order valence-corrected chi connectivity index (χ0v) is 13.9. The number of carbonyl (C=O) groups excluding carboxylic acids is 1. The summed E-state index contributed by atoms with van der Waals surface area (Å²) in [5.74, 6) is 0.231. The first kappa shape index (κ1) is 18.6. The van der Waals surface area contributed by atoms with E-state index < -0.39 is 17.5 Å². The molecule has 0 spiro atoms. The van der Waals surface area contributed by atoms with Crippen molar-refractivity contribution in [1.29, 1.82) is 0 Å². The number of carboxylic acid groups (broad SMARTS) is 1. The summed E-state index contributed by atoms with van der Waals surface area (Å²) in [6.07, 6.45) is 0.326. The largest absolute Gasteiger partial charge is 0.493 e. The highest BCUT2D eigenvalue weighted by Gasteiger charge is 2.21. The second-order valence-electron chi connectivity index (χ2n) is 5.66. The van der Waals surface area contributed by atoms with Crippen LogP contribution in [0.2, 0.25) is 0 Å². The smallest absolute Gasteiger partial charge is 0.319 e. The lowest BCUT2D eigenvalue weighted by atomic mass is 9.99. The van der Waals surface area contributed by atoms with Gasteiger partial charge in [0.1, 0.15) is 0 Å². The summed E-state index contributed by atoms with van der Waals surface area (Å²) in [6.45, 7) is 5.88. The van der Waals surface area contributed by atoms with Gasteiger partial charge in [0.05, 0.1) is 13.7 Å². The number of hydrogen-bond donors (Lipinski definition) is 3. The van der Waals surface area contributed by atoms with E-state index >= 15 is 0 Å². The molecule has 3 N–H and O–H groups in total. The molecule has 23 heavy (non-hydrogen) atoms. The molecule has 7 nitrogen and oxygen atoms in total. The summed E-state index contributed by atoms with van der Waals surface area (Å²) >= 11 is 0. The van der Waals surface area contributed by atoms with E-state index in [2.05, 4.69) is 10.6 Å². The lowest BCUT2D eigenvalue weighted by Gasteiger charge is -2.25. The molecule has 0 heterocycles. The molecule has 0 bridgehead atoms. The van der Waals surface area contributed by atoms with Gasteiger partial charge in [-0.1, -0.05) is 0 Å². The molecule has 0 aliphatic rings. The molecule has 0 saturated carbocycles. The predicted octanol–water partition coefficient (Wildman–Crippen LogP) is 2.86. The Morgan fingerprint density at radius 2 is 1.96 bits per heavy atom. The minimum Gasteiger partial charge on any atom is -0.493 e. The molecular formula is C16H24N2O5. The molecular weight excluding hydrogens is 300 g/mol. The summed E-state index contributed by atoms with van der Waals surface area (Å²) in [7, 11) is 1.54. The quantitative estimate of drug-likeness (QED) is 0.683. The molecule has 7 heteroatoms. The Balaban J connectivity index is 2.69. The van der Waals surface area contributed by atoms with E-state index in [1.165, 1.54) is 0 Å². The van der Waals surface area contributed by atoms with E-state index in [1.54, 1.807) is 39.2 Å². The zero-order valence-electron chi connectivity index (χ0n) is 13.9. The van der Waals surface area contributed by atoms with Gasteiger partial charge in [0.15, 0.2) is 11.5 Å². The van der Waals surface area contributed by atoms with Crippen LogP contribution in [0.15, 0.2) is 18.2 Å². The normalized spacial score (nSPS) is 10.8. The average molecular weight is 324 g/mol. The molecule has 1 aromatic rings. The fourth-order valence-electron chi connectivity index (χ4n) is 1.97. The van der Waals surface area contributed by atoms with Crippen LogP contribution < -0.4 is 20.1 Å². The third-order valence-electron chi connectivity index (χ3n) is 3.14. The molecule has 0 saturated heterocycles. The Hall–Kier alpha value is -2.44. The van der Waals surface area contributed by atoms with Gasteiger partial charge >= 0.3 is 12.0 Å². The van der Waals surface area contributed by atoms with Crippen molar-refractivity contribution in [2.24, 2.45) is 0 Å². The summed E-state index contributed by atoms with van der Waals surface area (Å²) in [5.41, 5.74) is -0.0710. The van der Waals surface area contributed by atoms with Crippen molar-refractivity contribution in [3.05, 3.63) is 18.2 Å². The van der Waals surface area contributed by atoms with Gasteiger partial charge in [-0.15, -0.1) is 0 Å². The highest BCUT2D eigenvalue weighted by atomic mass is 16.5. The number of carboxylic acids is 1. The number of aliphatic carboxylic acids is 1. The zero-order chi connectivity index (χ0) is 17.5. The predicted molar refractivity (Wildman–Crippen MR) is 87.3 cm³/mol. The number of urea groups is 1. The van der Waals surface area contributed by atoms with Crippen LogP contribution in [0.25, 0.3) is 0 Å². The number of benzene rings is 1. The number of ether oxygens (including phenoxy) is 2. The van der Waals surface area contributed by atoms with E-state index in [0.717, 1.165) is 0 Å². The first-order valence-electron chi connectivity index (χ1n) is 7.39. The maximum atomic E-state index is 12.1. The number of hydrogen-bond acceptors (Lipinski definition) is 4. The van der Waals surface area contributed by atoms with Crippen molar-refractivity contribution in [1.82, 2.24) is 5.32 Å². The van der Waals surface area contributed by atoms with Crippen LogP contribution in [0.3, 0.4) is 0 Å². The van der Waals surface area contributed by atoms with Crippen molar-refractivity contribution in [2.75, 3.05) is 19.0 Å². The van der Waals surface area contributed by atoms with E-state index in [-0.39, 0.29) is 6.42 Å². The minimum atomic E-state index is -0.892. The van der Waals surface area contributed by atoms with Crippen molar-refractivity contribution in [3.63, 3.8) is 0 Å². The van der Waals surface area contributed by atoms with E-state index in [9.17, 15) is 9.59 Å². The Bertz CT molecular complexity index is 557. The summed E-state index contributed by atoms with van der Waals surface area (Å²) < 4.78 is 10.6. The number of carbonyl (C=O) groups is 2. The number of methoxy groups -OCH3 is 1. The van der Waals surface area contributed by atoms with E-state index in [1.807, 2.05) is 6.92 Å². The number of nitrogens with one attached hydrogen (secondary N) is 2. The Labute approximate surface area is 136 Å². The van der Waals surface area contributed by atoms with Crippen LogP contribution in [-0.4, -0.2) is 36.4 Å². The average Bonchev–Trinajstić information content (AvgIpc) is 2.45. The lowest BCUT2D eigenvalue weighted by molar-refractivity contribution is -0.137. The van der Waals surface area contributed by atoms with E-state index in [0.29, 0.717) is 30.2 Å². The second-order valence-corrected chi connectivity index (χ2v) is 5.66. The van der Waals surface area contributed by atoms with Crippen LogP contribution in [0, 0.1) is 0 Å². The van der Waals surface area contributed by atoms with Crippen molar-refractivity contribution in [3.8, 4) is 11.5 Å².